The Labute approximate surface area is 245 Å². The van der Waals surface area contributed by atoms with E-state index in [1.54, 1.807) is 0 Å². The maximum Gasteiger partial charge on any atom is 0.408 e. The van der Waals surface area contributed by atoms with Crippen molar-refractivity contribution in [3.63, 3.8) is 0 Å². The van der Waals surface area contributed by atoms with Crippen LogP contribution in [0.4, 0.5) is 4.79 Å². The van der Waals surface area contributed by atoms with E-state index in [0.29, 0.717) is 25.2 Å². The van der Waals surface area contributed by atoms with Crippen molar-refractivity contribution < 1.29 is 9.53 Å². The normalized spacial score (nSPS) is 12.5. The molecule has 0 aliphatic heterocycles. The average Bonchev–Trinajstić information content (AvgIpc) is 3.69. The van der Waals surface area contributed by atoms with Crippen LogP contribution in [-0.4, -0.2) is 36.4 Å². The highest BCUT2D eigenvalue weighted by Gasteiger charge is 2.27. The van der Waals surface area contributed by atoms with E-state index in [0.717, 1.165) is 39.8 Å². The van der Waals surface area contributed by atoms with Crippen LogP contribution in [-0.2, 0) is 30.5 Å². The molecule has 0 saturated heterocycles. The number of H-pyrrole nitrogens is 2. The quantitative estimate of drug-likeness (QED) is 0.179. The fourth-order valence-electron chi connectivity index (χ4n) is 5.49. The Morgan fingerprint density at radius 1 is 0.857 bits per heavy atom. The van der Waals surface area contributed by atoms with Gasteiger partial charge in [0.2, 0.25) is 0 Å². The van der Waals surface area contributed by atoms with Gasteiger partial charge in [-0.1, -0.05) is 66.7 Å². The zero-order chi connectivity index (χ0) is 29.1. The number of hydrogen-bond donors (Lipinski definition) is 3. The number of carbonyl (C=O) groups is 1. The van der Waals surface area contributed by atoms with Gasteiger partial charge in [0.15, 0.2) is 5.82 Å². The number of hydrogen-bond acceptors (Lipinski definition) is 4. The minimum absolute atomic E-state index is 0.459. The highest BCUT2D eigenvalue weighted by molar-refractivity contribution is 5.84. The number of nitrogens with one attached hydrogen (secondary N) is 3. The predicted octanol–water partition coefficient (Wildman–Crippen LogP) is 6.88. The van der Waals surface area contributed by atoms with Crippen molar-refractivity contribution >= 4 is 27.9 Å². The maximum atomic E-state index is 13.1. The van der Waals surface area contributed by atoms with Gasteiger partial charge in [-0.15, -0.1) is 10.2 Å². The van der Waals surface area contributed by atoms with Crippen LogP contribution in [0.3, 0.4) is 0 Å². The second-order valence-electron chi connectivity index (χ2n) is 11.7. The first kappa shape index (κ1) is 27.3. The number of rotatable bonds is 9. The van der Waals surface area contributed by atoms with Gasteiger partial charge in [-0.25, -0.2) is 4.79 Å². The summed E-state index contributed by atoms with van der Waals surface area (Å²) in [7, 11) is 0. The van der Waals surface area contributed by atoms with Crippen molar-refractivity contribution in [2.24, 2.45) is 0 Å². The molecule has 0 bridgehead atoms. The lowest BCUT2D eigenvalue weighted by Crippen LogP contribution is -2.37. The standard InChI is InChI=1S/C34H36N6O2/c1-34(2,3)42-33(41)37-30(19-24-21-35-28-15-9-7-13-26(24)28)32-39-38-31(40(32)18-17-23-11-5-4-6-12-23)20-25-22-36-29-16-10-8-14-27(25)29/h4-16,21-22,30,35-36H,17-20H2,1-3H3,(H,37,41)/t30-/m1/s1. The van der Waals surface area contributed by atoms with Crippen molar-refractivity contribution in [2.75, 3.05) is 0 Å². The highest BCUT2D eigenvalue weighted by Crippen LogP contribution is 2.27. The number of benzene rings is 3. The molecule has 0 unspecified atom stereocenters. The minimum atomic E-state index is -0.628. The summed E-state index contributed by atoms with van der Waals surface area (Å²) in [5.74, 6) is 1.55. The summed E-state index contributed by atoms with van der Waals surface area (Å²) < 4.78 is 7.86. The Morgan fingerprint density at radius 2 is 1.48 bits per heavy atom. The molecule has 0 radical (unpaired) electrons. The third kappa shape index (κ3) is 6.07. The summed E-state index contributed by atoms with van der Waals surface area (Å²) in [6, 6.07) is 26.4. The zero-order valence-electron chi connectivity index (χ0n) is 24.2. The Hall–Kier alpha value is -4.85. The fourth-order valence-corrected chi connectivity index (χ4v) is 5.49. The van der Waals surface area contributed by atoms with Crippen LogP contribution in [0.2, 0.25) is 0 Å². The second-order valence-corrected chi connectivity index (χ2v) is 11.7. The third-order valence-electron chi connectivity index (χ3n) is 7.45. The Kier molecular flexibility index (Phi) is 7.52. The molecule has 3 N–H and O–H groups in total. The molecule has 0 aliphatic carbocycles. The van der Waals surface area contributed by atoms with Gasteiger partial charge in [0.05, 0.1) is 6.04 Å². The molecule has 6 rings (SSSR count). The summed E-state index contributed by atoms with van der Waals surface area (Å²) in [6.07, 6.45) is 5.51. The van der Waals surface area contributed by atoms with E-state index in [4.69, 9.17) is 14.9 Å². The number of amides is 1. The zero-order valence-corrected chi connectivity index (χ0v) is 24.2. The molecule has 42 heavy (non-hydrogen) atoms. The third-order valence-corrected chi connectivity index (χ3v) is 7.45. The van der Waals surface area contributed by atoms with E-state index in [1.165, 1.54) is 10.9 Å². The Bertz CT molecular complexity index is 1810. The predicted molar refractivity (Wildman–Crippen MR) is 165 cm³/mol. The molecular weight excluding hydrogens is 524 g/mol. The van der Waals surface area contributed by atoms with E-state index in [2.05, 4.69) is 68.4 Å². The van der Waals surface area contributed by atoms with Gasteiger partial charge in [0, 0.05) is 53.6 Å². The van der Waals surface area contributed by atoms with Gasteiger partial charge in [-0.05, 0) is 56.0 Å². The van der Waals surface area contributed by atoms with Crippen molar-refractivity contribution in [1.82, 2.24) is 30.0 Å². The highest BCUT2D eigenvalue weighted by atomic mass is 16.6. The molecule has 0 saturated carbocycles. The molecule has 8 heteroatoms. The molecule has 1 amide bonds. The summed E-state index contributed by atoms with van der Waals surface area (Å²) in [5, 5.41) is 14.8. The SMILES string of the molecule is CC(C)(C)OC(=O)N[C@H](Cc1c[nH]c2ccccc12)c1nnc(Cc2c[nH]c3ccccc23)n1CCc1ccccc1. The number of aromatic amines is 2. The monoisotopic (exact) mass is 560 g/mol. The second kappa shape index (κ2) is 11.6. The van der Waals surface area contributed by atoms with Crippen LogP contribution in [0.15, 0.2) is 91.3 Å². The van der Waals surface area contributed by atoms with Crippen LogP contribution in [0.25, 0.3) is 21.8 Å². The van der Waals surface area contributed by atoms with Crippen LogP contribution in [0, 0.1) is 0 Å². The van der Waals surface area contributed by atoms with Gasteiger partial charge in [0.25, 0.3) is 0 Å². The molecule has 3 aromatic heterocycles. The molecule has 1 atom stereocenters. The summed E-state index contributed by atoms with van der Waals surface area (Å²) >= 11 is 0. The number of ether oxygens (including phenoxy) is 1. The Morgan fingerprint density at radius 3 is 2.17 bits per heavy atom. The first-order chi connectivity index (χ1) is 20.3. The van der Waals surface area contributed by atoms with Crippen molar-refractivity contribution in [1.29, 1.82) is 0 Å². The van der Waals surface area contributed by atoms with Gasteiger partial charge < -0.3 is 24.6 Å². The van der Waals surface area contributed by atoms with Crippen LogP contribution in [0.5, 0.6) is 0 Å². The number of aromatic nitrogens is 5. The molecule has 214 valence electrons. The molecule has 0 aliphatic rings. The van der Waals surface area contributed by atoms with Crippen LogP contribution < -0.4 is 5.32 Å². The molecule has 0 fully saturated rings. The summed E-state index contributed by atoms with van der Waals surface area (Å²) in [4.78, 5) is 19.9. The summed E-state index contributed by atoms with van der Waals surface area (Å²) in [6.45, 7) is 6.26. The lowest BCUT2D eigenvalue weighted by Gasteiger charge is -2.24. The Balaban J connectivity index is 1.39. The lowest BCUT2D eigenvalue weighted by molar-refractivity contribution is 0.0500. The lowest BCUT2D eigenvalue weighted by atomic mass is 10.0. The van der Waals surface area contributed by atoms with Crippen LogP contribution in [0.1, 0.15) is 55.2 Å². The molecule has 0 spiro atoms. The van der Waals surface area contributed by atoms with Gasteiger partial charge in [-0.3, -0.25) is 0 Å². The molecule has 3 aromatic carbocycles. The van der Waals surface area contributed by atoms with Crippen LogP contribution >= 0.6 is 0 Å². The van der Waals surface area contributed by atoms with E-state index < -0.39 is 17.7 Å². The first-order valence-electron chi connectivity index (χ1n) is 14.4. The molecular formula is C34H36N6O2. The average molecular weight is 561 g/mol. The topological polar surface area (TPSA) is 101 Å². The first-order valence-corrected chi connectivity index (χ1v) is 14.4. The largest absolute Gasteiger partial charge is 0.444 e. The minimum Gasteiger partial charge on any atom is -0.444 e. The summed E-state index contributed by atoms with van der Waals surface area (Å²) in [5.41, 5.74) is 4.97. The number of fused-ring (bicyclic) bond motifs is 2. The van der Waals surface area contributed by atoms with Gasteiger partial charge in [0.1, 0.15) is 11.4 Å². The van der Waals surface area contributed by atoms with Gasteiger partial charge in [-0.2, -0.15) is 0 Å². The van der Waals surface area contributed by atoms with E-state index in [-0.39, 0.29) is 0 Å². The molecule has 6 aromatic rings. The van der Waals surface area contributed by atoms with Crippen molar-refractivity contribution in [2.45, 2.75) is 58.2 Å². The number of carbonyl (C=O) groups excluding carboxylic acids is 1. The van der Waals surface area contributed by atoms with Crippen molar-refractivity contribution in [3.8, 4) is 0 Å². The van der Waals surface area contributed by atoms with E-state index >= 15 is 0 Å². The van der Waals surface area contributed by atoms with Gasteiger partial charge >= 0.3 is 6.09 Å². The number of para-hydroxylation sites is 2. The maximum absolute atomic E-state index is 13.1. The smallest absolute Gasteiger partial charge is 0.408 e. The van der Waals surface area contributed by atoms with Crippen molar-refractivity contribution in [3.05, 3.63) is 120 Å². The number of aryl methyl sites for hydroxylation is 1. The van der Waals surface area contributed by atoms with E-state index in [9.17, 15) is 4.79 Å². The molecule has 8 nitrogen and oxygen atoms in total. The number of nitrogens with zero attached hydrogens (tertiary/aromatic N) is 3. The fraction of sp³-hybridized carbons (Fsp3) is 0.265. The number of alkyl carbamates (subject to hydrolysis) is 1. The molecule has 3 heterocycles. The van der Waals surface area contributed by atoms with E-state index in [1.807, 2.05) is 63.5 Å².